The maximum Gasteiger partial charge on any atom is 0.307 e. The van der Waals surface area contributed by atoms with Gasteiger partial charge in [0.15, 0.2) is 11.4 Å². The van der Waals surface area contributed by atoms with Crippen LogP contribution >= 0.6 is 0 Å². The number of pyridine rings is 2. The summed E-state index contributed by atoms with van der Waals surface area (Å²) in [6.45, 7) is 6.67. The molecule has 2 aliphatic rings. The number of nitrogens with one attached hydrogen (secondary N) is 1. The van der Waals surface area contributed by atoms with Gasteiger partial charge >= 0.3 is 5.97 Å². The largest absolute Gasteiger partial charge is 0.632 e. The average molecular weight is 710 g/mol. The first kappa shape index (κ1) is 34.4. The number of nitriles is 1. The normalized spacial score (nSPS) is 20.3. The highest BCUT2D eigenvalue weighted by atomic mass is 16.5. The smallest absolute Gasteiger partial charge is 0.307 e. The Morgan fingerprint density at radius 3 is 2.60 bits per heavy atom. The van der Waals surface area contributed by atoms with Gasteiger partial charge < -0.3 is 29.8 Å². The highest BCUT2D eigenvalue weighted by Crippen LogP contribution is 2.38. The summed E-state index contributed by atoms with van der Waals surface area (Å²) in [6, 6.07) is 21.9. The third kappa shape index (κ3) is 6.71. The standard InChI is InChI=1S/C41H39N7O5/c1-24-32(5-3-7-34(24)40-46-36-17-26(15-30(18-42)38(36)53-40)20-47-13-10-29(21-47)41(50)51)33-6-4-8-35(25(33)2)45-39-37-28(9-12-43-39)16-27(19-44-37)22-48(52)14-11-31(49)23-48/h3-9,12,15-17,19,29,31,49H,10-11,13-14,20-23H2,1-2H3,(H,43,45)(H,50,51)/t29-,31-,48-/m1/s1. The van der Waals surface area contributed by atoms with Crippen molar-refractivity contribution >= 4 is 39.5 Å². The molecule has 5 heterocycles. The Balaban J connectivity index is 1.07. The van der Waals surface area contributed by atoms with Crippen LogP contribution in [-0.4, -0.2) is 73.0 Å². The maximum absolute atomic E-state index is 13.1. The molecule has 0 radical (unpaired) electrons. The molecule has 268 valence electrons. The number of carbonyl (C=O) groups is 1. The van der Waals surface area contributed by atoms with Crippen LogP contribution in [0.25, 0.3) is 44.6 Å². The monoisotopic (exact) mass is 709 g/mol. The molecule has 0 amide bonds. The number of fused-ring (bicyclic) bond motifs is 2. The van der Waals surface area contributed by atoms with Crippen LogP contribution in [0.3, 0.4) is 0 Å². The number of carboxylic acid groups (broad SMARTS) is 1. The summed E-state index contributed by atoms with van der Waals surface area (Å²) in [5.41, 5.74) is 9.50. The Morgan fingerprint density at radius 2 is 1.85 bits per heavy atom. The van der Waals surface area contributed by atoms with E-state index >= 15 is 0 Å². The molecule has 2 fully saturated rings. The summed E-state index contributed by atoms with van der Waals surface area (Å²) in [7, 11) is 0. The van der Waals surface area contributed by atoms with Crippen molar-refractivity contribution in [2.24, 2.45) is 5.92 Å². The lowest BCUT2D eigenvalue weighted by Crippen LogP contribution is -2.39. The zero-order valence-corrected chi connectivity index (χ0v) is 29.5. The number of aromatic nitrogens is 3. The summed E-state index contributed by atoms with van der Waals surface area (Å²) in [5.74, 6) is -0.124. The first-order valence-corrected chi connectivity index (χ1v) is 17.8. The molecule has 0 bridgehead atoms. The lowest BCUT2D eigenvalue weighted by Gasteiger charge is -2.38. The van der Waals surface area contributed by atoms with Crippen molar-refractivity contribution in [3.05, 3.63) is 106 Å². The van der Waals surface area contributed by atoms with Gasteiger partial charge in [0.05, 0.1) is 18.0 Å². The van der Waals surface area contributed by atoms with Gasteiger partial charge in [-0.25, -0.2) is 9.97 Å². The molecule has 8 rings (SSSR count). The molecule has 0 spiro atoms. The zero-order valence-electron chi connectivity index (χ0n) is 29.5. The Morgan fingerprint density at radius 1 is 1.06 bits per heavy atom. The number of hydrogen-bond donors (Lipinski definition) is 3. The lowest BCUT2D eigenvalue weighted by molar-refractivity contribution is -0.883. The number of rotatable bonds is 9. The van der Waals surface area contributed by atoms with Gasteiger partial charge in [-0.1, -0.05) is 24.3 Å². The second-order valence-electron chi connectivity index (χ2n) is 14.4. The third-order valence-corrected chi connectivity index (χ3v) is 10.7. The van der Waals surface area contributed by atoms with E-state index in [1.165, 1.54) is 0 Å². The SMILES string of the molecule is Cc1c(Nc2nccc3cc(C[N@+]4([O-])CC[C@@H](O)C4)cnc23)cccc1-c1cccc(-c2nc3cc(CN4CC[C@@H](C(=O)O)C4)cc(C#N)c3o2)c1C. The number of benzene rings is 3. The molecule has 0 saturated carbocycles. The second-order valence-corrected chi connectivity index (χ2v) is 14.4. The number of likely N-dealkylation sites (tertiary alicyclic amines) is 2. The molecule has 2 aliphatic heterocycles. The lowest BCUT2D eigenvalue weighted by atomic mass is 9.93. The van der Waals surface area contributed by atoms with Crippen LogP contribution in [0.4, 0.5) is 11.5 Å². The van der Waals surface area contributed by atoms with Crippen molar-refractivity contribution in [1.29, 1.82) is 5.26 Å². The fraction of sp³-hybridized carbons (Fsp3) is 0.293. The van der Waals surface area contributed by atoms with E-state index in [4.69, 9.17) is 14.4 Å². The van der Waals surface area contributed by atoms with Crippen molar-refractivity contribution in [1.82, 2.24) is 19.9 Å². The minimum absolute atomic E-state index is 0.203. The van der Waals surface area contributed by atoms with Crippen LogP contribution in [0, 0.1) is 36.3 Å². The van der Waals surface area contributed by atoms with E-state index in [0.717, 1.165) is 50.0 Å². The minimum atomic E-state index is -0.774. The Hall–Kier alpha value is -5.71. The van der Waals surface area contributed by atoms with Gasteiger partial charge in [-0.3, -0.25) is 14.7 Å². The minimum Gasteiger partial charge on any atom is -0.632 e. The quantitative estimate of drug-likeness (QED) is 0.106. The molecule has 3 aromatic heterocycles. The molecular weight excluding hydrogens is 670 g/mol. The number of aliphatic hydroxyl groups excluding tert-OH is 1. The number of anilines is 2. The fourth-order valence-corrected chi connectivity index (χ4v) is 7.88. The molecule has 53 heavy (non-hydrogen) atoms. The summed E-state index contributed by atoms with van der Waals surface area (Å²) in [6.07, 6.45) is 4.03. The predicted octanol–water partition coefficient (Wildman–Crippen LogP) is 6.82. The van der Waals surface area contributed by atoms with Crippen LogP contribution in [0.15, 0.2) is 77.5 Å². The summed E-state index contributed by atoms with van der Waals surface area (Å²) in [5, 5.41) is 46.8. The number of hydroxylamine groups is 3. The van der Waals surface area contributed by atoms with Crippen LogP contribution in [-0.2, 0) is 17.9 Å². The van der Waals surface area contributed by atoms with Crippen molar-refractivity contribution < 1.29 is 24.1 Å². The van der Waals surface area contributed by atoms with Gasteiger partial charge in [-0.15, -0.1) is 0 Å². The molecule has 3 atom stereocenters. The van der Waals surface area contributed by atoms with Gasteiger partial charge in [-0.2, -0.15) is 5.26 Å². The number of quaternary nitrogens is 1. The first-order chi connectivity index (χ1) is 25.6. The van der Waals surface area contributed by atoms with E-state index in [1.54, 1.807) is 18.5 Å². The van der Waals surface area contributed by atoms with E-state index in [-0.39, 0.29) is 19.0 Å². The number of aliphatic hydroxyl groups is 1. The number of oxazole rings is 1. The average Bonchev–Trinajstić information content (AvgIpc) is 3.87. The molecule has 6 aromatic rings. The van der Waals surface area contributed by atoms with E-state index in [2.05, 4.69) is 40.3 Å². The number of carboxylic acids is 1. The Labute approximate surface area is 306 Å². The number of hydrogen-bond acceptors (Lipinski definition) is 10. The van der Waals surface area contributed by atoms with Gasteiger partial charge in [0.25, 0.3) is 0 Å². The molecule has 3 aromatic carbocycles. The van der Waals surface area contributed by atoms with Crippen LogP contribution in [0.1, 0.15) is 40.7 Å². The summed E-state index contributed by atoms with van der Waals surface area (Å²) >= 11 is 0. The van der Waals surface area contributed by atoms with Crippen LogP contribution in [0.5, 0.6) is 0 Å². The van der Waals surface area contributed by atoms with Crippen molar-refractivity contribution in [3.8, 4) is 28.7 Å². The van der Waals surface area contributed by atoms with Crippen LogP contribution < -0.4 is 5.32 Å². The van der Waals surface area contributed by atoms with E-state index in [9.17, 15) is 25.5 Å². The van der Waals surface area contributed by atoms with E-state index in [1.807, 2.05) is 49.4 Å². The highest BCUT2D eigenvalue weighted by molar-refractivity contribution is 5.91. The van der Waals surface area contributed by atoms with Gasteiger partial charge in [0.2, 0.25) is 5.89 Å². The Kier molecular flexibility index (Phi) is 8.88. The van der Waals surface area contributed by atoms with Crippen molar-refractivity contribution in [3.63, 3.8) is 0 Å². The van der Waals surface area contributed by atoms with E-state index < -0.39 is 16.7 Å². The molecule has 12 nitrogen and oxygen atoms in total. The molecule has 3 N–H and O–H groups in total. The highest BCUT2D eigenvalue weighted by Gasteiger charge is 2.31. The van der Waals surface area contributed by atoms with E-state index in [0.29, 0.717) is 72.9 Å². The zero-order chi connectivity index (χ0) is 36.9. The molecule has 0 aliphatic carbocycles. The van der Waals surface area contributed by atoms with Crippen molar-refractivity contribution in [2.75, 3.05) is 31.5 Å². The topological polar surface area (TPSA) is 171 Å². The summed E-state index contributed by atoms with van der Waals surface area (Å²) in [4.78, 5) is 27.7. The van der Waals surface area contributed by atoms with Gasteiger partial charge in [0, 0.05) is 54.1 Å². The maximum atomic E-state index is 13.1. The number of nitrogens with zero attached hydrogens (tertiary/aromatic N) is 6. The van der Waals surface area contributed by atoms with Crippen LogP contribution in [0.2, 0.25) is 0 Å². The Bertz CT molecular complexity index is 2440. The predicted molar refractivity (Wildman–Crippen MR) is 201 cm³/mol. The summed E-state index contributed by atoms with van der Waals surface area (Å²) < 4.78 is 5.83. The van der Waals surface area contributed by atoms with Gasteiger partial charge in [-0.05, 0) is 91.0 Å². The number of aliphatic carboxylic acids is 1. The first-order valence-electron chi connectivity index (χ1n) is 17.8. The molecule has 2 saturated heterocycles. The fourth-order valence-electron chi connectivity index (χ4n) is 7.88. The molecule has 0 unspecified atom stereocenters. The van der Waals surface area contributed by atoms with Gasteiger partial charge in [0.1, 0.15) is 36.3 Å². The van der Waals surface area contributed by atoms with Crippen molar-refractivity contribution in [2.45, 2.75) is 45.9 Å². The molecule has 12 heteroatoms. The molecular formula is C41H39N7O5. The third-order valence-electron chi connectivity index (χ3n) is 10.7. The second kappa shape index (κ2) is 13.7.